The van der Waals surface area contributed by atoms with E-state index >= 15 is 0 Å². The van der Waals surface area contributed by atoms with Gasteiger partial charge in [0.25, 0.3) is 0 Å². The predicted molar refractivity (Wildman–Crippen MR) is 84.3 cm³/mol. The molecule has 0 aromatic heterocycles. The van der Waals surface area contributed by atoms with Crippen LogP contribution in [-0.2, 0) is 21.1 Å². The van der Waals surface area contributed by atoms with Gasteiger partial charge in [-0.1, -0.05) is 54.6 Å². The summed E-state index contributed by atoms with van der Waals surface area (Å²) in [4.78, 5) is 0. The summed E-state index contributed by atoms with van der Waals surface area (Å²) in [6.07, 6.45) is 0. The second kappa shape index (κ2) is 12.5. The van der Waals surface area contributed by atoms with Gasteiger partial charge < -0.3 is 15.3 Å². The second-order valence-electron chi connectivity index (χ2n) is 4.01. The van der Waals surface area contributed by atoms with Crippen molar-refractivity contribution in [2.45, 2.75) is 0 Å². The van der Waals surface area contributed by atoms with Crippen LogP contribution >= 0.6 is 0 Å². The number of phenols is 3. The molecular weight excluding hydrogens is 360 g/mol. The van der Waals surface area contributed by atoms with Gasteiger partial charge in [0.15, 0.2) is 0 Å². The van der Waals surface area contributed by atoms with Gasteiger partial charge in [0.05, 0.1) is 0 Å². The van der Waals surface area contributed by atoms with Gasteiger partial charge in [-0.25, -0.2) is 0 Å². The molecule has 0 aliphatic heterocycles. The van der Waals surface area contributed by atoms with Crippen LogP contribution in [0.25, 0.3) is 0 Å². The molecule has 4 heteroatoms. The van der Waals surface area contributed by atoms with Gasteiger partial charge >= 0.3 is 0 Å². The van der Waals surface area contributed by atoms with E-state index in [0.29, 0.717) is 17.2 Å². The Morgan fingerprint density at radius 2 is 0.545 bits per heavy atom. The zero-order valence-electron chi connectivity index (χ0n) is 11.9. The Morgan fingerprint density at radius 1 is 0.364 bits per heavy atom. The Kier molecular flexibility index (Phi) is 11.2. The van der Waals surface area contributed by atoms with Crippen LogP contribution < -0.4 is 0 Å². The Labute approximate surface area is 144 Å². The Balaban J connectivity index is 0.000000294. The average molecular weight is 378 g/mol. The molecule has 0 saturated carbocycles. The van der Waals surface area contributed by atoms with Gasteiger partial charge in [0.1, 0.15) is 17.2 Å². The van der Waals surface area contributed by atoms with Crippen molar-refractivity contribution in [2.75, 3.05) is 0 Å². The maximum atomic E-state index is 8.63. The molecule has 0 amide bonds. The normalized spacial score (nSPS) is 8.18. The molecule has 3 aromatic rings. The number of benzene rings is 3. The number of hydrogen-bond acceptors (Lipinski definition) is 3. The number of hydrogen-bond donors (Lipinski definition) is 3. The van der Waals surface area contributed by atoms with Crippen LogP contribution in [0.5, 0.6) is 17.2 Å². The largest absolute Gasteiger partial charge is 0.508 e. The molecule has 3 nitrogen and oxygen atoms in total. The first kappa shape index (κ1) is 19.7. The van der Waals surface area contributed by atoms with E-state index in [-0.39, 0.29) is 21.1 Å². The Hall–Kier alpha value is -2.25. The SMILES string of the molecule is Oc1ccccc1.Oc1ccccc1.Oc1ccccc1.[Mo]. The summed E-state index contributed by atoms with van der Waals surface area (Å²) >= 11 is 0. The van der Waals surface area contributed by atoms with E-state index in [9.17, 15) is 0 Å². The topological polar surface area (TPSA) is 60.7 Å². The predicted octanol–water partition coefficient (Wildman–Crippen LogP) is 4.17. The minimum atomic E-state index is 0. The van der Waals surface area contributed by atoms with Gasteiger partial charge in [-0.3, -0.25) is 0 Å². The average Bonchev–Trinajstić information content (AvgIpc) is 2.51. The fraction of sp³-hybridized carbons (Fsp3) is 0. The third kappa shape index (κ3) is 10.5. The van der Waals surface area contributed by atoms with Crippen LogP contribution in [0.3, 0.4) is 0 Å². The molecule has 114 valence electrons. The van der Waals surface area contributed by atoms with Crippen LogP contribution in [0.4, 0.5) is 0 Å². The Morgan fingerprint density at radius 3 is 0.636 bits per heavy atom. The molecule has 0 heterocycles. The van der Waals surface area contributed by atoms with Crippen molar-refractivity contribution in [3.8, 4) is 17.2 Å². The molecule has 3 N–H and O–H groups in total. The van der Waals surface area contributed by atoms with E-state index in [0.717, 1.165) is 0 Å². The monoisotopic (exact) mass is 380 g/mol. The molecule has 0 bridgehead atoms. The zero-order valence-corrected chi connectivity index (χ0v) is 13.9. The fourth-order valence-electron chi connectivity index (χ4n) is 1.28. The molecular formula is C18H18MoO3. The molecule has 0 atom stereocenters. The smallest absolute Gasteiger partial charge is 0.115 e. The summed E-state index contributed by atoms with van der Waals surface area (Å²) in [6, 6.07) is 26.1. The van der Waals surface area contributed by atoms with Gasteiger partial charge in [-0.2, -0.15) is 0 Å². The standard InChI is InChI=1S/3C6H6O.Mo/c3*7-6-4-2-1-3-5-6;/h3*1-5,7H;. The van der Waals surface area contributed by atoms with Crippen LogP contribution in [0, 0.1) is 0 Å². The Bertz CT molecular complexity index is 497. The zero-order chi connectivity index (χ0) is 15.3. The van der Waals surface area contributed by atoms with Gasteiger partial charge in [-0.15, -0.1) is 0 Å². The molecule has 0 aliphatic carbocycles. The summed E-state index contributed by atoms with van der Waals surface area (Å²) in [5.74, 6) is 0.965. The maximum absolute atomic E-state index is 8.63. The van der Waals surface area contributed by atoms with Gasteiger partial charge in [0.2, 0.25) is 0 Å². The molecule has 0 saturated heterocycles. The van der Waals surface area contributed by atoms with E-state index in [4.69, 9.17) is 15.3 Å². The van der Waals surface area contributed by atoms with E-state index < -0.39 is 0 Å². The molecule has 0 spiro atoms. The van der Waals surface area contributed by atoms with Crippen molar-refractivity contribution < 1.29 is 36.4 Å². The number of phenolic OH excluding ortho intramolecular Hbond substituents is 3. The first-order valence-electron chi connectivity index (χ1n) is 6.40. The minimum absolute atomic E-state index is 0. The van der Waals surface area contributed by atoms with Gasteiger partial charge in [0, 0.05) is 21.1 Å². The van der Waals surface area contributed by atoms with Crippen molar-refractivity contribution >= 4 is 0 Å². The van der Waals surface area contributed by atoms with Crippen molar-refractivity contribution in [3.63, 3.8) is 0 Å². The number of rotatable bonds is 0. The molecule has 22 heavy (non-hydrogen) atoms. The quantitative estimate of drug-likeness (QED) is 0.515. The summed E-state index contributed by atoms with van der Waals surface area (Å²) in [5, 5.41) is 25.9. The van der Waals surface area contributed by atoms with Crippen molar-refractivity contribution in [2.24, 2.45) is 0 Å². The fourth-order valence-corrected chi connectivity index (χ4v) is 1.28. The molecule has 0 radical (unpaired) electrons. The van der Waals surface area contributed by atoms with Crippen LogP contribution in [0.2, 0.25) is 0 Å². The third-order valence-corrected chi connectivity index (χ3v) is 2.27. The van der Waals surface area contributed by atoms with Crippen LogP contribution in [-0.4, -0.2) is 15.3 Å². The summed E-state index contributed by atoms with van der Waals surface area (Å²) in [5.41, 5.74) is 0. The third-order valence-electron chi connectivity index (χ3n) is 2.27. The first-order chi connectivity index (χ1) is 10.2. The molecule has 3 rings (SSSR count). The van der Waals surface area contributed by atoms with E-state index in [1.807, 2.05) is 18.2 Å². The second-order valence-corrected chi connectivity index (χ2v) is 4.01. The van der Waals surface area contributed by atoms with Crippen molar-refractivity contribution in [1.82, 2.24) is 0 Å². The van der Waals surface area contributed by atoms with E-state index in [1.165, 1.54) is 0 Å². The number of aromatic hydroxyl groups is 3. The first-order valence-corrected chi connectivity index (χ1v) is 6.40. The minimum Gasteiger partial charge on any atom is -0.508 e. The molecule has 0 unspecified atom stereocenters. The summed E-state index contributed by atoms with van der Waals surface area (Å²) < 4.78 is 0. The van der Waals surface area contributed by atoms with Crippen molar-refractivity contribution in [1.29, 1.82) is 0 Å². The molecule has 0 fully saturated rings. The summed E-state index contributed by atoms with van der Waals surface area (Å²) in [7, 11) is 0. The van der Waals surface area contributed by atoms with E-state index in [1.54, 1.807) is 72.8 Å². The van der Waals surface area contributed by atoms with E-state index in [2.05, 4.69) is 0 Å². The molecule has 0 aliphatic rings. The molecule has 3 aromatic carbocycles. The number of para-hydroxylation sites is 3. The van der Waals surface area contributed by atoms with Crippen LogP contribution in [0.1, 0.15) is 0 Å². The maximum Gasteiger partial charge on any atom is 0.115 e. The van der Waals surface area contributed by atoms with Crippen molar-refractivity contribution in [3.05, 3.63) is 91.0 Å². The van der Waals surface area contributed by atoms with Gasteiger partial charge in [-0.05, 0) is 36.4 Å². The summed E-state index contributed by atoms with van der Waals surface area (Å²) in [6.45, 7) is 0. The van der Waals surface area contributed by atoms with Crippen LogP contribution in [0.15, 0.2) is 91.0 Å².